The van der Waals surface area contributed by atoms with Crippen LogP contribution < -0.4 is 9.47 Å². The largest absolute Gasteiger partial charge is 0.486 e. The molecule has 0 bridgehead atoms. The van der Waals surface area contributed by atoms with Crippen LogP contribution in [0.1, 0.15) is 24.8 Å². The van der Waals surface area contributed by atoms with E-state index in [1.807, 2.05) is 6.07 Å². The minimum Gasteiger partial charge on any atom is -0.486 e. The quantitative estimate of drug-likeness (QED) is 0.915. The van der Waals surface area contributed by atoms with Gasteiger partial charge in [-0.15, -0.1) is 0 Å². The maximum Gasteiger partial charge on any atom is 0.326 e. The van der Waals surface area contributed by atoms with Gasteiger partial charge in [0.2, 0.25) is 5.91 Å². The van der Waals surface area contributed by atoms with Crippen molar-refractivity contribution >= 4 is 11.9 Å². The van der Waals surface area contributed by atoms with Crippen molar-refractivity contribution in [1.29, 1.82) is 0 Å². The minimum absolute atomic E-state index is 0.149. The summed E-state index contributed by atoms with van der Waals surface area (Å²) in [5.41, 5.74) is 0.809. The van der Waals surface area contributed by atoms with Crippen LogP contribution in [-0.4, -0.2) is 47.7 Å². The molecule has 0 saturated carbocycles. The van der Waals surface area contributed by atoms with E-state index in [1.165, 1.54) is 4.90 Å². The Morgan fingerprint density at radius 2 is 1.95 bits per heavy atom. The first-order valence-corrected chi connectivity index (χ1v) is 7.56. The second-order valence-electron chi connectivity index (χ2n) is 5.59. The lowest BCUT2D eigenvalue weighted by molar-refractivity contribution is -0.151. The average molecular weight is 305 g/mol. The topological polar surface area (TPSA) is 76.1 Å². The summed E-state index contributed by atoms with van der Waals surface area (Å²) in [5, 5.41) is 9.25. The van der Waals surface area contributed by atoms with Crippen LogP contribution in [0.15, 0.2) is 18.2 Å². The number of carboxylic acids is 1. The lowest BCUT2D eigenvalue weighted by Gasteiger charge is -2.33. The Kier molecular flexibility index (Phi) is 4.18. The summed E-state index contributed by atoms with van der Waals surface area (Å²) in [6.07, 6.45) is 2.42. The number of rotatable bonds is 3. The molecule has 1 aromatic carbocycles. The van der Waals surface area contributed by atoms with E-state index in [0.717, 1.165) is 18.4 Å². The number of hydrogen-bond acceptors (Lipinski definition) is 4. The lowest BCUT2D eigenvalue weighted by Crippen LogP contribution is -2.48. The molecule has 1 atom stereocenters. The fraction of sp³-hybridized carbons (Fsp3) is 0.500. The molecular formula is C16H19NO5. The summed E-state index contributed by atoms with van der Waals surface area (Å²) in [6.45, 7) is 1.54. The number of piperidine rings is 1. The van der Waals surface area contributed by atoms with Crippen molar-refractivity contribution in [1.82, 2.24) is 4.90 Å². The lowest BCUT2D eigenvalue weighted by atomic mass is 10.0. The number of hydrogen-bond donors (Lipinski definition) is 1. The van der Waals surface area contributed by atoms with Crippen LogP contribution in [-0.2, 0) is 16.0 Å². The Hall–Kier alpha value is -2.24. The number of benzene rings is 1. The van der Waals surface area contributed by atoms with Gasteiger partial charge in [-0.3, -0.25) is 4.79 Å². The number of carbonyl (C=O) groups is 2. The van der Waals surface area contributed by atoms with Crippen LogP contribution in [0.2, 0.25) is 0 Å². The zero-order valence-electron chi connectivity index (χ0n) is 12.3. The molecule has 0 aromatic heterocycles. The zero-order chi connectivity index (χ0) is 15.5. The van der Waals surface area contributed by atoms with Crippen molar-refractivity contribution in [2.45, 2.75) is 31.7 Å². The van der Waals surface area contributed by atoms with E-state index in [9.17, 15) is 14.7 Å². The highest BCUT2D eigenvalue weighted by Crippen LogP contribution is 2.31. The SMILES string of the molecule is O=C(O)[C@H]1CCCCN1C(=O)Cc1ccc2c(c1)OCCO2. The summed E-state index contributed by atoms with van der Waals surface area (Å²) in [5.74, 6) is 0.257. The third kappa shape index (κ3) is 3.00. The molecule has 3 rings (SSSR count). The monoisotopic (exact) mass is 305 g/mol. The third-order valence-corrected chi connectivity index (χ3v) is 4.07. The number of ether oxygens (including phenoxy) is 2. The van der Waals surface area contributed by atoms with Crippen LogP contribution in [0.5, 0.6) is 11.5 Å². The van der Waals surface area contributed by atoms with Crippen molar-refractivity contribution < 1.29 is 24.2 Å². The van der Waals surface area contributed by atoms with E-state index < -0.39 is 12.0 Å². The molecule has 0 unspecified atom stereocenters. The second-order valence-corrected chi connectivity index (χ2v) is 5.59. The Labute approximate surface area is 128 Å². The predicted octanol–water partition coefficient (Wildman–Crippen LogP) is 1.47. The van der Waals surface area contributed by atoms with Crippen LogP contribution in [0.25, 0.3) is 0 Å². The minimum atomic E-state index is -0.921. The van der Waals surface area contributed by atoms with Gasteiger partial charge >= 0.3 is 5.97 Å². The normalized spacial score (nSPS) is 20.5. The number of fused-ring (bicyclic) bond motifs is 1. The van der Waals surface area contributed by atoms with E-state index >= 15 is 0 Å². The zero-order valence-corrected chi connectivity index (χ0v) is 12.3. The first-order valence-electron chi connectivity index (χ1n) is 7.56. The number of amides is 1. The smallest absolute Gasteiger partial charge is 0.326 e. The molecule has 1 fully saturated rings. The fourth-order valence-corrected chi connectivity index (χ4v) is 2.96. The van der Waals surface area contributed by atoms with E-state index in [-0.39, 0.29) is 12.3 Å². The van der Waals surface area contributed by atoms with Crippen molar-refractivity contribution in [3.63, 3.8) is 0 Å². The number of likely N-dealkylation sites (tertiary alicyclic amines) is 1. The maximum absolute atomic E-state index is 12.4. The summed E-state index contributed by atoms with van der Waals surface area (Å²) < 4.78 is 11.0. The molecule has 118 valence electrons. The molecule has 2 aliphatic rings. The van der Waals surface area contributed by atoms with Crippen molar-refractivity contribution in [2.24, 2.45) is 0 Å². The molecule has 0 radical (unpaired) electrons. The van der Waals surface area contributed by atoms with Gasteiger partial charge in [0.1, 0.15) is 19.3 Å². The van der Waals surface area contributed by atoms with Crippen molar-refractivity contribution in [2.75, 3.05) is 19.8 Å². The molecule has 6 nitrogen and oxygen atoms in total. The molecule has 1 N–H and O–H groups in total. The van der Waals surface area contributed by atoms with Gasteiger partial charge in [-0.1, -0.05) is 6.07 Å². The Morgan fingerprint density at radius 3 is 2.73 bits per heavy atom. The van der Waals surface area contributed by atoms with Crippen LogP contribution >= 0.6 is 0 Å². The van der Waals surface area contributed by atoms with Gasteiger partial charge in [0, 0.05) is 6.54 Å². The predicted molar refractivity (Wildman–Crippen MR) is 78.1 cm³/mol. The van der Waals surface area contributed by atoms with E-state index in [2.05, 4.69) is 0 Å². The Balaban J connectivity index is 1.71. The first-order chi connectivity index (χ1) is 10.6. The summed E-state index contributed by atoms with van der Waals surface area (Å²) >= 11 is 0. The Morgan fingerprint density at radius 1 is 1.18 bits per heavy atom. The first kappa shape index (κ1) is 14.7. The molecule has 0 aliphatic carbocycles. The van der Waals surface area contributed by atoms with Gasteiger partial charge in [0.15, 0.2) is 11.5 Å². The third-order valence-electron chi connectivity index (χ3n) is 4.07. The number of carboxylic acid groups (broad SMARTS) is 1. The summed E-state index contributed by atoms with van der Waals surface area (Å²) in [4.78, 5) is 25.2. The van der Waals surface area contributed by atoms with Gasteiger partial charge in [0.05, 0.1) is 6.42 Å². The molecule has 1 amide bonds. The molecular weight excluding hydrogens is 286 g/mol. The summed E-state index contributed by atoms with van der Waals surface area (Å²) in [7, 11) is 0. The molecule has 6 heteroatoms. The van der Waals surface area contributed by atoms with E-state index in [4.69, 9.17) is 9.47 Å². The average Bonchev–Trinajstić information content (AvgIpc) is 2.54. The molecule has 1 aromatic rings. The van der Waals surface area contributed by atoms with Crippen LogP contribution in [0, 0.1) is 0 Å². The number of carbonyl (C=O) groups excluding carboxylic acids is 1. The Bertz CT molecular complexity index is 586. The molecule has 2 heterocycles. The molecule has 0 spiro atoms. The highest BCUT2D eigenvalue weighted by atomic mass is 16.6. The van der Waals surface area contributed by atoms with Gasteiger partial charge in [-0.2, -0.15) is 0 Å². The van der Waals surface area contributed by atoms with E-state index in [1.54, 1.807) is 12.1 Å². The second kappa shape index (κ2) is 6.25. The molecule has 22 heavy (non-hydrogen) atoms. The van der Waals surface area contributed by atoms with Gasteiger partial charge < -0.3 is 19.5 Å². The highest BCUT2D eigenvalue weighted by Gasteiger charge is 2.31. The fourth-order valence-electron chi connectivity index (χ4n) is 2.96. The van der Waals surface area contributed by atoms with Gasteiger partial charge in [-0.25, -0.2) is 4.79 Å². The van der Waals surface area contributed by atoms with Gasteiger partial charge in [0.25, 0.3) is 0 Å². The van der Waals surface area contributed by atoms with Crippen LogP contribution in [0.3, 0.4) is 0 Å². The van der Waals surface area contributed by atoms with Crippen molar-refractivity contribution in [3.8, 4) is 11.5 Å². The highest BCUT2D eigenvalue weighted by molar-refractivity contribution is 5.85. The molecule has 1 saturated heterocycles. The number of aliphatic carboxylic acids is 1. The van der Waals surface area contributed by atoms with Gasteiger partial charge in [-0.05, 0) is 37.0 Å². The number of nitrogens with zero attached hydrogens (tertiary/aromatic N) is 1. The standard InChI is InChI=1S/C16H19NO5/c18-15(17-6-2-1-3-12(17)16(19)20)10-11-4-5-13-14(9-11)22-8-7-21-13/h4-5,9,12H,1-3,6-8,10H2,(H,19,20)/t12-/m1/s1. The summed E-state index contributed by atoms with van der Waals surface area (Å²) in [6, 6.07) is 4.72. The van der Waals surface area contributed by atoms with Crippen LogP contribution in [0.4, 0.5) is 0 Å². The molecule has 2 aliphatic heterocycles. The maximum atomic E-state index is 12.4. The van der Waals surface area contributed by atoms with Crippen molar-refractivity contribution in [3.05, 3.63) is 23.8 Å². The van der Waals surface area contributed by atoms with E-state index in [0.29, 0.717) is 37.7 Å².